The molecule has 0 aliphatic carbocycles. The zero-order chi connectivity index (χ0) is 12.9. The molecule has 0 atom stereocenters. The SMILES string of the molecule is Fc1[c]cc2c(ccc3c(F)c(F)[c]cc32)c1F. The van der Waals surface area contributed by atoms with Gasteiger partial charge in [-0.25, -0.2) is 17.6 Å². The quantitative estimate of drug-likeness (QED) is 0.414. The minimum absolute atomic E-state index is 0.00171. The van der Waals surface area contributed by atoms with Gasteiger partial charge in [-0.3, -0.25) is 0 Å². The number of benzene rings is 3. The first-order chi connectivity index (χ1) is 8.59. The van der Waals surface area contributed by atoms with E-state index in [4.69, 9.17) is 0 Å². The maximum absolute atomic E-state index is 13.5. The van der Waals surface area contributed by atoms with Gasteiger partial charge in [0, 0.05) is 22.9 Å². The summed E-state index contributed by atoms with van der Waals surface area (Å²) < 4.78 is 53.1. The van der Waals surface area contributed by atoms with Crippen LogP contribution in [0.15, 0.2) is 24.3 Å². The van der Waals surface area contributed by atoms with Gasteiger partial charge in [0.05, 0.1) is 0 Å². The second kappa shape index (κ2) is 3.70. The topological polar surface area (TPSA) is 0 Å². The first-order valence-corrected chi connectivity index (χ1v) is 5.07. The predicted molar refractivity (Wildman–Crippen MR) is 59.0 cm³/mol. The van der Waals surface area contributed by atoms with Gasteiger partial charge < -0.3 is 0 Å². The molecule has 4 heteroatoms. The summed E-state index contributed by atoms with van der Waals surface area (Å²) >= 11 is 0. The van der Waals surface area contributed by atoms with Crippen molar-refractivity contribution in [1.82, 2.24) is 0 Å². The molecule has 0 aliphatic heterocycles. The molecular weight excluding hydrogens is 244 g/mol. The molecule has 3 aromatic carbocycles. The molecule has 0 saturated heterocycles. The Morgan fingerprint density at radius 2 is 1.00 bits per heavy atom. The molecule has 0 nitrogen and oxygen atoms in total. The monoisotopic (exact) mass is 248 g/mol. The van der Waals surface area contributed by atoms with E-state index in [2.05, 4.69) is 12.1 Å². The number of halogens is 4. The summed E-state index contributed by atoms with van der Waals surface area (Å²) in [7, 11) is 0. The van der Waals surface area contributed by atoms with Crippen molar-refractivity contribution in [1.29, 1.82) is 0 Å². The van der Waals surface area contributed by atoms with Crippen molar-refractivity contribution in [3.63, 3.8) is 0 Å². The van der Waals surface area contributed by atoms with Gasteiger partial charge >= 0.3 is 0 Å². The van der Waals surface area contributed by atoms with Crippen molar-refractivity contribution in [3.8, 4) is 0 Å². The summed E-state index contributed by atoms with van der Waals surface area (Å²) in [6, 6.07) is 9.04. The molecule has 88 valence electrons. The average molecular weight is 248 g/mol. The fourth-order valence-electron chi connectivity index (χ4n) is 1.96. The third-order valence-electron chi connectivity index (χ3n) is 2.83. The summed E-state index contributed by atoms with van der Waals surface area (Å²) in [5, 5.41) is 0.527. The lowest BCUT2D eigenvalue weighted by Crippen LogP contribution is -1.91. The van der Waals surface area contributed by atoms with Crippen LogP contribution in [0, 0.1) is 35.4 Å². The number of hydrogen-bond donors (Lipinski definition) is 0. The first-order valence-electron chi connectivity index (χ1n) is 5.07. The summed E-state index contributed by atoms with van der Waals surface area (Å²) in [6.07, 6.45) is 0. The summed E-state index contributed by atoms with van der Waals surface area (Å²) in [5.74, 6) is -4.32. The van der Waals surface area contributed by atoms with E-state index in [1.54, 1.807) is 0 Å². The second-order valence-electron chi connectivity index (χ2n) is 3.82. The predicted octanol–water partition coefficient (Wildman–Crippen LogP) is 4.15. The van der Waals surface area contributed by atoms with E-state index in [1.807, 2.05) is 0 Å². The van der Waals surface area contributed by atoms with Crippen LogP contribution in [0.5, 0.6) is 0 Å². The molecule has 18 heavy (non-hydrogen) atoms. The van der Waals surface area contributed by atoms with E-state index in [-0.39, 0.29) is 21.5 Å². The molecule has 0 N–H and O–H groups in total. The van der Waals surface area contributed by atoms with Crippen LogP contribution in [0.2, 0.25) is 0 Å². The van der Waals surface area contributed by atoms with E-state index >= 15 is 0 Å². The normalized spacial score (nSPS) is 11.3. The van der Waals surface area contributed by atoms with E-state index in [9.17, 15) is 17.6 Å². The first kappa shape index (κ1) is 11.0. The van der Waals surface area contributed by atoms with Gasteiger partial charge in [-0.15, -0.1) is 0 Å². The van der Waals surface area contributed by atoms with Gasteiger partial charge in [0.2, 0.25) is 0 Å². The molecule has 0 aliphatic rings. The van der Waals surface area contributed by atoms with E-state index in [0.29, 0.717) is 0 Å². The Morgan fingerprint density at radius 3 is 1.39 bits per heavy atom. The molecule has 0 aromatic heterocycles. The minimum atomic E-state index is -1.10. The molecule has 3 rings (SSSR count). The van der Waals surface area contributed by atoms with Crippen LogP contribution < -0.4 is 0 Å². The fourth-order valence-corrected chi connectivity index (χ4v) is 1.96. The molecule has 0 spiro atoms. The Hall–Kier alpha value is -2.10. The van der Waals surface area contributed by atoms with E-state index in [0.717, 1.165) is 0 Å². The highest BCUT2D eigenvalue weighted by Crippen LogP contribution is 2.30. The lowest BCUT2D eigenvalue weighted by atomic mass is 10.0. The van der Waals surface area contributed by atoms with Gasteiger partial charge in [-0.05, 0) is 22.9 Å². The minimum Gasteiger partial charge on any atom is -0.203 e. The maximum Gasteiger partial charge on any atom is 0.167 e. The second-order valence-corrected chi connectivity index (χ2v) is 3.82. The Bertz CT molecular complexity index is 711. The Labute approximate surface area is 99.5 Å². The van der Waals surface area contributed by atoms with Gasteiger partial charge in [0.1, 0.15) is 0 Å². The Kier molecular flexibility index (Phi) is 2.26. The van der Waals surface area contributed by atoms with Gasteiger partial charge in [-0.2, -0.15) is 0 Å². The average Bonchev–Trinajstić information content (AvgIpc) is 2.38. The standard InChI is InChI=1S/C14H4F4/c15-11-5-3-7-8-4-6-12(16)14(18)10(8)2-1-9(7)13(11)17/h1-4H. The number of hydrogen-bond acceptors (Lipinski definition) is 0. The van der Waals surface area contributed by atoms with Crippen LogP contribution in [0.3, 0.4) is 0 Å². The molecular formula is C14H4F4. The molecule has 0 unspecified atom stereocenters. The van der Waals surface area contributed by atoms with E-state index < -0.39 is 23.3 Å². The van der Waals surface area contributed by atoms with Crippen molar-refractivity contribution >= 4 is 21.5 Å². The highest BCUT2D eigenvalue weighted by Gasteiger charge is 2.13. The number of fused-ring (bicyclic) bond motifs is 3. The zero-order valence-corrected chi connectivity index (χ0v) is 8.82. The van der Waals surface area contributed by atoms with Crippen molar-refractivity contribution in [2.24, 2.45) is 0 Å². The zero-order valence-electron chi connectivity index (χ0n) is 8.82. The van der Waals surface area contributed by atoms with Gasteiger partial charge in [-0.1, -0.05) is 12.1 Å². The smallest absolute Gasteiger partial charge is 0.167 e. The highest BCUT2D eigenvalue weighted by atomic mass is 19.2. The largest absolute Gasteiger partial charge is 0.203 e. The van der Waals surface area contributed by atoms with Crippen LogP contribution in [-0.4, -0.2) is 0 Å². The third-order valence-corrected chi connectivity index (χ3v) is 2.83. The van der Waals surface area contributed by atoms with Crippen molar-refractivity contribution in [3.05, 3.63) is 59.7 Å². The molecule has 0 saturated carbocycles. The van der Waals surface area contributed by atoms with Crippen LogP contribution in [0.1, 0.15) is 0 Å². The Morgan fingerprint density at radius 1 is 0.611 bits per heavy atom. The van der Waals surface area contributed by atoms with Crippen LogP contribution in [0.25, 0.3) is 21.5 Å². The Balaban J connectivity index is 2.56. The van der Waals surface area contributed by atoms with Crippen molar-refractivity contribution in [2.75, 3.05) is 0 Å². The van der Waals surface area contributed by atoms with E-state index in [1.165, 1.54) is 24.3 Å². The summed E-state index contributed by atoms with van der Waals surface area (Å²) in [5.41, 5.74) is 0. The van der Waals surface area contributed by atoms with Crippen LogP contribution >= 0.6 is 0 Å². The maximum atomic E-state index is 13.5. The molecule has 3 aromatic rings. The van der Waals surface area contributed by atoms with Crippen molar-refractivity contribution < 1.29 is 17.6 Å². The molecule has 0 bridgehead atoms. The highest BCUT2D eigenvalue weighted by molar-refractivity contribution is 6.07. The molecule has 2 radical (unpaired) electrons. The third kappa shape index (κ3) is 1.38. The summed E-state index contributed by atoms with van der Waals surface area (Å²) in [6.45, 7) is 0. The molecule has 0 amide bonds. The fraction of sp³-hybridized carbons (Fsp3) is 0. The molecule has 0 heterocycles. The van der Waals surface area contributed by atoms with Gasteiger partial charge in [0.25, 0.3) is 0 Å². The summed E-state index contributed by atoms with van der Waals surface area (Å²) in [4.78, 5) is 0. The van der Waals surface area contributed by atoms with Crippen LogP contribution in [-0.2, 0) is 0 Å². The van der Waals surface area contributed by atoms with Crippen LogP contribution in [0.4, 0.5) is 17.6 Å². The van der Waals surface area contributed by atoms with Crippen molar-refractivity contribution in [2.45, 2.75) is 0 Å². The van der Waals surface area contributed by atoms with Gasteiger partial charge in [0.15, 0.2) is 23.3 Å². The lowest BCUT2D eigenvalue weighted by molar-refractivity contribution is 0.514. The lowest BCUT2D eigenvalue weighted by Gasteiger charge is -2.06. The molecule has 0 fully saturated rings. The number of rotatable bonds is 0.